The number of hydrogen-bond acceptors (Lipinski definition) is 1. The van der Waals surface area contributed by atoms with Gasteiger partial charge in [0.05, 0.1) is 17.5 Å². The molecule has 0 saturated carbocycles. The average Bonchev–Trinajstić information content (AvgIpc) is 2.60. The lowest BCUT2D eigenvalue weighted by Gasteiger charge is -2.15. The number of carbonyl (C=O) groups excluding carboxylic acids is 1. The van der Waals surface area contributed by atoms with Gasteiger partial charge in [-0.15, -0.1) is 0 Å². The van der Waals surface area contributed by atoms with E-state index in [1.807, 2.05) is 18.2 Å². The van der Waals surface area contributed by atoms with Gasteiger partial charge in [0.1, 0.15) is 0 Å². The van der Waals surface area contributed by atoms with Crippen molar-refractivity contribution < 1.29 is 31.1 Å². The Balaban J connectivity index is 1.89. The average molecular weight is 397 g/mol. The molecule has 3 rings (SSSR count). The number of rotatable bonds is 3. The van der Waals surface area contributed by atoms with E-state index in [1.165, 1.54) is 0 Å². The topological polar surface area (TPSA) is 29.1 Å². The van der Waals surface area contributed by atoms with E-state index >= 15 is 0 Å². The molecule has 1 N–H and O–H groups in total. The number of fused-ring (bicyclic) bond motifs is 1. The fraction of sp³-hybridized carbons (Fsp3) is 0.150. The number of halogens is 6. The summed E-state index contributed by atoms with van der Waals surface area (Å²) in [6.07, 6.45) is -10.1. The fourth-order valence-corrected chi connectivity index (χ4v) is 2.85. The molecule has 0 spiro atoms. The normalized spacial score (nSPS) is 12.2. The van der Waals surface area contributed by atoms with Crippen LogP contribution in [-0.4, -0.2) is 5.91 Å². The summed E-state index contributed by atoms with van der Waals surface area (Å²) < 4.78 is 77.5. The maximum absolute atomic E-state index is 12.9. The van der Waals surface area contributed by atoms with E-state index in [2.05, 4.69) is 5.32 Å². The molecule has 146 valence electrons. The highest BCUT2D eigenvalue weighted by molar-refractivity contribution is 5.96. The lowest BCUT2D eigenvalue weighted by molar-refractivity contribution is -0.143. The summed E-state index contributed by atoms with van der Waals surface area (Å²) >= 11 is 0. The summed E-state index contributed by atoms with van der Waals surface area (Å²) in [5.74, 6) is -0.719. The van der Waals surface area contributed by atoms with E-state index in [-0.39, 0.29) is 12.5 Å². The summed E-state index contributed by atoms with van der Waals surface area (Å²) in [6, 6.07) is 13.4. The zero-order chi connectivity index (χ0) is 20.5. The first-order chi connectivity index (χ1) is 13.0. The van der Waals surface area contributed by atoms with Gasteiger partial charge in [-0.3, -0.25) is 4.79 Å². The van der Waals surface area contributed by atoms with Crippen molar-refractivity contribution in [2.75, 3.05) is 5.32 Å². The molecule has 0 aromatic heterocycles. The molecule has 0 radical (unpaired) electrons. The first kappa shape index (κ1) is 19.7. The maximum atomic E-state index is 12.9. The molecule has 0 fully saturated rings. The molecule has 3 aromatic carbocycles. The van der Waals surface area contributed by atoms with Gasteiger partial charge in [0.25, 0.3) is 0 Å². The van der Waals surface area contributed by atoms with E-state index in [0.29, 0.717) is 17.7 Å². The van der Waals surface area contributed by atoms with Crippen LogP contribution in [0.2, 0.25) is 0 Å². The van der Waals surface area contributed by atoms with Crippen LogP contribution in [0.25, 0.3) is 10.8 Å². The molecule has 2 nitrogen and oxygen atoms in total. The van der Waals surface area contributed by atoms with Crippen LogP contribution in [0.3, 0.4) is 0 Å². The lowest BCUT2D eigenvalue weighted by Crippen LogP contribution is -2.17. The van der Waals surface area contributed by atoms with E-state index < -0.39 is 35.1 Å². The highest BCUT2D eigenvalue weighted by atomic mass is 19.4. The Morgan fingerprint density at radius 1 is 0.786 bits per heavy atom. The van der Waals surface area contributed by atoms with Crippen LogP contribution in [0, 0.1) is 0 Å². The Morgan fingerprint density at radius 2 is 1.36 bits per heavy atom. The van der Waals surface area contributed by atoms with Crippen molar-refractivity contribution in [3.8, 4) is 0 Å². The number of amides is 1. The van der Waals surface area contributed by atoms with Gasteiger partial charge in [-0.2, -0.15) is 26.3 Å². The molecule has 0 heterocycles. The van der Waals surface area contributed by atoms with Gasteiger partial charge in [-0.05, 0) is 34.5 Å². The molecular formula is C20H13F6NO. The Kier molecular flexibility index (Phi) is 5.06. The summed E-state index contributed by atoms with van der Waals surface area (Å²) in [6.45, 7) is 0. The van der Waals surface area contributed by atoms with Crippen molar-refractivity contribution in [2.24, 2.45) is 0 Å². The molecule has 0 saturated heterocycles. The van der Waals surface area contributed by atoms with Crippen molar-refractivity contribution in [2.45, 2.75) is 18.8 Å². The number of carbonyl (C=O) groups is 1. The third-order valence-corrected chi connectivity index (χ3v) is 4.10. The molecule has 3 aromatic rings. The van der Waals surface area contributed by atoms with Crippen LogP contribution in [0.4, 0.5) is 32.0 Å². The Morgan fingerprint density at radius 3 is 1.96 bits per heavy atom. The van der Waals surface area contributed by atoms with E-state index in [4.69, 9.17) is 0 Å². The second-order valence-corrected chi connectivity index (χ2v) is 6.16. The molecule has 0 aliphatic heterocycles. The Labute approximate surface area is 155 Å². The molecule has 1 amide bonds. The fourth-order valence-electron chi connectivity index (χ4n) is 2.85. The van der Waals surface area contributed by atoms with Crippen LogP contribution in [0.1, 0.15) is 16.7 Å². The minimum absolute atomic E-state index is 0.0142. The molecule has 0 unspecified atom stereocenters. The SMILES string of the molecule is O=C(Cc1cccc2ccccc12)Nc1cc(C(F)(F)F)cc(C(F)(F)F)c1. The van der Waals surface area contributed by atoms with Gasteiger partial charge in [0.15, 0.2) is 0 Å². The second kappa shape index (κ2) is 7.18. The minimum atomic E-state index is -4.98. The second-order valence-electron chi connectivity index (χ2n) is 6.16. The quantitative estimate of drug-likeness (QED) is 0.535. The molecular weight excluding hydrogens is 384 g/mol. The monoisotopic (exact) mass is 397 g/mol. The van der Waals surface area contributed by atoms with Gasteiger partial charge in [0.2, 0.25) is 5.91 Å². The minimum Gasteiger partial charge on any atom is -0.326 e. The molecule has 0 atom stereocenters. The zero-order valence-corrected chi connectivity index (χ0v) is 14.2. The van der Waals surface area contributed by atoms with Crippen LogP contribution in [0.5, 0.6) is 0 Å². The number of nitrogens with one attached hydrogen (secondary N) is 1. The van der Waals surface area contributed by atoms with Gasteiger partial charge in [0, 0.05) is 5.69 Å². The molecule has 0 aliphatic carbocycles. The third-order valence-electron chi connectivity index (χ3n) is 4.10. The third kappa shape index (κ3) is 4.44. The van der Waals surface area contributed by atoms with Crippen LogP contribution in [-0.2, 0) is 23.6 Å². The van der Waals surface area contributed by atoms with E-state index in [9.17, 15) is 31.1 Å². The predicted octanol–water partition coefficient (Wildman–Crippen LogP) is 6.06. The van der Waals surface area contributed by atoms with Gasteiger partial charge in [-0.25, -0.2) is 0 Å². The smallest absolute Gasteiger partial charge is 0.326 e. The van der Waals surface area contributed by atoms with Crippen molar-refractivity contribution in [3.63, 3.8) is 0 Å². The van der Waals surface area contributed by atoms with E-state index in [0.717, 1.165) is 10.8 Å². The predicted molar refractivity (Wildman–Crippen MR) is 92.7 cm³/mol. The van der Waals surface area contributed by atoms with Crippen LogP contribution in [0.15, 0.2) is 60.7 Å². The standard InChI is InChI=1S/C20H13F6NO/c21-19(22,23)14-9-15(20(24,25)26)11-16(10-14)27-18(28)8-13-6-3-5-12-4-1-2-7-17(12)13/h1-7,9-11H,8H2,(H,27,28). The van der Waals surface area contributed by atoms with Gasteiger partial charge >= 0.3 is 12.4 Å². The van der Waals surface area contributed by atoms with Gasteiger partial charge < -0.3 is 5.32 Å². The highest BCUT2D eigenvalue weighted by Gasteiger charge is 2.37. The number of benzene rings is 3. The van der Waals surface area contributed by atoms with Crippen molar-refractivity contribution in [1.82, 2.24) is 0 Å². The number of anilines is 1. The Hall–Kier alpha value is -3.03. The molecule has 28 heavy (non-hydrogen) atoms. The van der Waals surface area contributed by atoms with Crippen molar-refractivity contribution in [1.29, 1.82) is 0 Å². The molecule has 8 heteroatoms. The van der Waals surface area contributed by atoms with Crippen LogP contribution < -0.4 is 5.32 Å². The summed E-state index contributed by atoms with van der Waals surface area (Å²) in [7, 11) is 0. The van der Waals surface area contributed by atoms with Gasteiger partial charge in [-0.1, -0.05) is 42.5 Å². The van der Waals surface area contributed by atoms with E-state index in [1.54, 1.807) is 24.3 Å². The molecule has 0 bridgehead atoms. The summed E-state index contributed by atoms with van der Waals surface area (Å²) in [4.78, 5) is 12.3. The first-order valence-corrected chi connectivity index (χ1v) is 8.10. The lowest BCUT2D eigenvalue weighted by atomic mass is 10.0. The molecule has 0 aliphatic rings. The van der Waals surface area contributed by atoms with Crippen molar-refractivity contribution in [3.05, 3.63) is 77.4 Å². The first-order valence-electron chi connectivity index (χ1n) is 8.10. The highest BCUT2D eigenvalue weighted by Crippen LogP contribution is 2.37. The van der Waals surface area contributed by atoms with Crippen molar-refractivity contribution >= 4 is 22.4 Å². The Bertz CT molecular complexity index is 986. The number of alkyl halides is 6. The maximum Gasteiger partial charge on any atom is 0.416 e. The summed E-state index contributed by atoms with van der Waals surface area (Å²) in [5, 5.41) is 3.79. The number of hydrogen-bond donors (Lipinski definition) is 1. The zero-order valence-electron chi connectivity index (χ0n) is 14.2. The largest absolute Gasteiger partial charge is 0.416 e. The van der Waals surface area contributed by atoms with Crippen LogP contribution >= 0.6 is 0 Å². The summed E-state index contributed by atoms with van der Waals surface area (Å²) in [5.41, 5.74) is -2.92.